The van der Waals surface area contributed by atoms with Crippen molar-refractivity contribution in [1.29, 1.82) is 0 Å². The van der Waals surface area contributed by atoms with E-state index in [-0.39, 0.29) is 12.3 Å². The Kier molecular flexibility index (Phi) is 5.52. The molecule has 0 bridgehead atoms. The van der Waals surface area contributed by atoms with Gasteiger partial charge in [-0.1, -0.05) is 18.2 Å². The Hall–Kier alpha value is -3.29. The molecule has 0 saturated heterocycles. The zero-order valence-corrected chi connectivity index (χ0v) is 14.3. The Bertz CT molecular complexity index is 867. The lowest BCUT2D eigenvalue weighted by molar-refractivity contribution is -0.121. The maximum Gasteiger partial charge on any atom is 0.222 e. The molecule has 0 aliphatic carbocycles. The standard InChI is InChI=1S/C18H19FN6O/c1-25-12-11-20-17(25)16(13-5-2-3-6-14(13)19)24-15(26)7-10-23-18-21-8-4-9-22-18/h2-6,8-9,11-12,16H,7,10H2,1H3,(H,24,26)(H,21,22,23). The van der Waals surface area contributed by atoms with Crippen molar-refractivity contribution in [1.82, 2.24) is 24.8 Å². The van der Waals surface area contributed by atoms with E-state index in [1.807, 2.05) is 0 Å². The number of aryl methyl sites for hydroxylation is 1. The quantitative estimate of drug-likeness (QED) is 0.678. The zero-order valence-electron chi connectivity index (χ0n) is 14.3. The number of rotatable bonds is 7. The summed E-state index contributed by atoms with van der Waals surface area (Å²) in [5.74, 6) is 0.388. The predicted octanol–water partition coefficient (Wildman–Crippen LogP) is 2.06. The van der Waals surface area contributed by atoms with Gasteiger partial charge in [0.25, 0.3) is 0 Å². The van der Waals surface area contributed by atoms with Gasteiger partial charge in [0.05, 0.1) is 0 Å². The van der Waals surface area contributed by atoms with Gasteiger partial charge >= 0.3 is 0 Å². The molecule has 3 rings (SSSR count). The molecular formula is C18H19FN6O. The number of anilines is 1. The lowest BCUT2D eigenvalue weighted by Gasteiger charge is -2.19. The average Bonchev–Trinajstić information content (AvgIpc) is 3.07. The molecule has 0 spiro atoms. The Balaban J connectivity index is 1.69. The SMILES string of the molecule is Cn1ccnc1C(NC(=O)CCNc1ncccn1)c1ccccc1F. The molecule has 0 aliphatic rings. The first-order chi connectivity index (χ1) is 12.6. The summed E-state index contributed by atoms with van der Waals surface area (Å²) < 4.78 is 16.0. The van der Waals surface area contributed by atoms with E-state index in [1.165, 1.54) is 6.07 Å². The maximum atomic E-state index is 14.3. The third-order valence-electron chi connectivity index (χ3n) is 3.84. The number of carbonyl (C=O) groups excluding carboxylic acids is 1. The Morgan fingerprint density at radius 1 is 1.15 bits per heavy atom. The van der Waals surface area contributed by atoms with E-state index in [9.17, 15) is 9.18 Å². The molecule has 1 amide bonds. The molecule has 26 heavy (non-hydrogen) atoms. The minimum Gasteiger partial charge on any atom is -0.354 e. The molecule has 1 aromatic carbocycles. The summed E-state index contributed by atoms with van der Waals surface area (Å²) in [6.45, 7) is 0.362. The van der Waals surface area contributed by atoms with Crippen molar-refractivity contribution in [3.05, 3.63) is 72.3 Å². The van der Waals surface area contributed by atoms with E-state index in [1.54, 1.807) is 60.7 Å². The van der Waals surface area contributed by atoms with Crippen molar-refractivity contribution >= 4 is 11.9 Å². The van der Waals surface area contributed by atoms with E-state index in [0.29, 0.717) is 23.9 Å². The summed E-state index contributed by atoms with van der Waals surface area (Å²) in [6, 6.07) is 7.39. The van der Waals surface area contributed by atoms with E-state index in [4.69, 9.17) is 0 Å². The topological polar surface area (TPSA) is 84.7 Å². The van der Waals surface area contributed by atoms with Gasteiger partial charge < -0.3 is 15.2 Å². The summed E-state index contributed by atoms with van der Waals surface area (Å²) >= 11 is 0. The molecule has 7 nitrogen and oxygen atoms in total. The maximum absolute atomic E-state index is 14.3. The van der Waals surface area contributed by atoms with Crippen molar-refractivity contribution in [2.75, 3.05) is 11.9 Å². The van der Waals surface area contributed by atoms with Crippen molar-refractivity contribution in [2.24, 2.45) is 7.05 Å². The number of nitrogens with one attached hydrogen (secondary N) is 2. The molecule has 0 fully saturated rings. The number of imidazole rings is 1. The lowest BCUT2D eigenvalue weighted by atomic mass is 10.1. The smallest absolute Gasteiger partial charge is 0.222 e. The average molecular weight is 354 g/mol. The van der Waals surface area contributed by atoms with Crippen LogP contribution in [0.3, 0.4) is 0 Å². The van der Waals surface area contributed by atoms with Crippen molar-refractivity contribution in [2.45, 2.75) is 12.5 Å². The molecule has 0 saturated carbocycles. The third kappa shape index (κ3) is 4.21. The summed E-state index contributed by atoms with van der Waals surface area (Å²) in [5, 5.41) is 5.83. The normalized spacial score (nSPS) is 11.8. The first kappa shape index (κ1) is 17.5. The summed E-state index contributed by atoms with van der Waals surface area (Å²) in [7, 11) is 1.80. The largest absolute Gasteiger partial charge is 0.354 e. The van der Waals surface area contributed by atoms with Crippen LogP contribution in [0.2, 0.25) is 0 Å². The van der Waals surface area contributed by atoms with Crippen LogP contribution in [-0.4, -0.2) is 32.0 Å². The van der Waals surface area contributed by atoms with Gasteiger partial charge in [0.1, 0.15) is 17.7 Å². The molecule has 2 heterocycles. The Morgan fingerprint density at radius 3 is 2.62 bits per heavy atom. The highest BCUT2D eigenvalue weighted by molar-refractivity contribution is 5.77. The molecule has 2 aromatic heterocycles. The van der Waals surface area contributed by atoms with Crippen LogP contribution in [0.15, 0.2) is 55.1 Å². The van der Waals surface area contributed by atoms with E-state index in [2.05, 4.69) is 25.6 Å². The highest BCUT2D eigenvalue weighted by atomic mass is 19.1. The van der Waals surface area contributed by atoms with Crippen LogP contribution >= 0.6 is 0 Å². The van der Waals surface area contributed by atoms with Gasteiger partial charge in [-0.25, -0.2) is 19.3 Å². The van der Waals surface area contributed by atoms with Crippen molar-refractivity contribution < 1.29 is 9.18 Å². The highest BCUT2D eigenvalue weighted by Crippen LogP contribution is 2.23. The minimum absolute atomic E-state index is 0.188. The number of amides is 1. The van der Waals surface area contributed by atoms with Crippen LogP contribution in [0.5, 0.6) is 0 Å². The molecule has 1 unspecified atom stereocenters. The van der Waals surface area contributed by atoms with Crippen LogP contribution in [0.4, 0.5) is 10.3 Å². The second kappa shape index (κ2) is 8.19. The highest BCUT2D eigenvalue weighted by Gasteiger charge is 2.23. The van der Waals surface area contributed by atoms with Gasteiger partial charge in [0, 0.05) is 50.4 Å². The molecule has 8 heteroatoms. The number of halogens is 1. The molecule has 3 aromatic rings. The second-order valence-corrected chi connectivity index (χ2v) is 5.67. The van der Waals surface area contributed by atoms with E-state index >= 15 is 0 Å². The molecule has 0 aliphatic heterocycles. The number of hydrogen-bond donors (Lipinski definition) is 2. The number of benzene rings is 1. The van der Waals surface area contributed by atoms with Gasteiger partial charge in [-0.15, -0.1) is 0 Å². The van der Waals surface area contributed by atoms with Gasteiger partial charge in [0.15, 0.2) is 0 Å². The molecular weight excluding hydrogens is 335 g/mol. The Morgan fingerprint density at radius 2 is 1.92 bits per heavy atom. The van der Waals surface area contributed by atoms with E-state index < -0.39 is 11.9 Å². The number of nitrogens with zero attached hydrogens (tertiary/aromatic N) is 4. The Labute approximate surface area is 150 Å². The van der Waals surface area contributed by atoms with Gasteiger partial charge in [-0.2, -0.15) is 0 Å². The van der Waals surface area contributed by atoms with Crippen molar-refractivity contribution in [3.63, 3.8) is 0 Å². The van der Waals surface area contributed by atoms with E-state index in [0.717, 1.165) is 0 Å². The summed E-state index contributed by atoms with van der Waals surface area (Å²) in [5.41, 5.74) is 0.370. The number of carbonyl (C=O) groups is 1. The van der Waals surface area contributed by atoms with Gasteiger partial charge in [0.2, 0.25) is 11.9 Å². The van der Waals surface area contributed by atoms with Crippen LogP contribution in [-0.2, 0) is 11.8 Å². The lowest BCUT2D eigenvalue weighted by Crippen LogP contribution is -2.32. The summed E-state index contributed by atoms with van der Waals surface area (Å²) in [4.78, 5) is 24.7. The molecule has 2 N–H and O–H groups in total. The molecule has 0 radical (unpaired) electrons. The van der Waals surface area contributed by atoms with Crippen LogP contribution < -0.4 is 10.6 Å². The van der Waals surface area contributed by atoms with Crippen LogP contribution in [0.1, 0.15) is 23.9 Å². The zero-order chi connectivity index (χ0) is 18.4. The fourth-order valence-electron chi connectivity index (χ4n) is 2.56. The first-order valence-electron chi connectivity index (χ1n) is 8.17. The monoisotopic (exact) mass is 354 g/mol. The first-order valence-corrected chi connectivity index (χ1v) is 8.17. The van der Waals surface area contributed by atoms with Crippen molar-refractivity contribution in [3.8, 4) is 0 Å². The van der Waals surface area contributed by atoms with Crippen LogP contribution in [0, 0.1) is 5.82 Å². The fraction of sp³-hybridized carbons (Fsp3) is 0.222. The van der Waals surface area contributed by atoms with Gasteiger partial charge in [-0.3, -0.25) is 4.79 Å². The fourth-order valence-corrected chi connectivity index (χ4v) is 2.56. The number of hydrogen-bond acceptors (Lipinski definition) is 5. The van der Waals surface area contributed by atoms with Crippen LogP contribution in [0.25, 0.3) is 0 Å². The molecule has 1 atom stereocenters. The predicted molar refractivity (Wildman–Crippen MR) is 94.7 cm³/mol. The third-order valence-corrected chi connectivity index (χ3v) is 3.84. The second-order valence-electron chi connectivity index (χ2n) is 5.67. The molecule has 134 valence electrons. The minimum atomic E-state index is -0.670. The number of aromatic nitrogens is 4. The van der Waals surface area contributed by atoms with Gasteiger partial charge in [-0.05, 0) is 12.1 Å². The summed E-state index contributed by atoms with van der Waals surface area (Å²) in [6.07, 6.45) is 6.79.